The predicted molar refractivity (Wildman–Crippen MR) is 170 cm³/mol. The maximum atomic E-state index is 6.42. The Balaban J connectivity index is 0.000000830. The van der Waals surface area contributed by atoms with Crippen molar-refractivity contribution in [1.29, 1.82) is 0 Å². The molecular weight excluding hydrogens is 586 g/mol. The molecule has 8 heteroatoms. The molecule has 0 atom stereocenters. The zero-order chi connectivity index (χ0) is 30.1. The van der Waals surface area contributed by atoms with Crippen LogP contribution in [0.2, 0.25) is 0 Å². The molecule has 0 saturated carbocycles. The van der Waals surface area contributed by atoms with Gasteiger partial charge in [-0.05, 0) is 110 Å². The van der Waals surface area contributed by atoms with Crippen molar-refractivity contribution >= 4 is 0 Å². The Morgan fingerprint density at radius 1 is 0.537 bits per heavy atom. The zero-order valence-electron chi connectivity index (χ0n) is 26.8. The summed E-state index contributed by atoms with van der Waals surface area (Å²) in [5.74, 6) is 12.8. The van der Waals surface area contributed by atoms with E-state index >= 15 is 0 Å². The zero-order valence-corrected chi connectivity index (χ0v) is 29.2. The molecule has 0 aliphatic carbocycles. The summed E-state index contributed by atoms with van der Waals surface area (Å²) in [6.45, 7) is 14.6. The number of nitrogens with one attached hydrogen (secondary N) is 2. The molecule has 2 heterocycles. The van der Waals surface area contributed by atoms with Gasteiger partial charge in [-0.2, -0.15) is 0 Å². The Bertz CT molecular complexity index is 1210. The standard InChI is InChI=1S/C29H33N3.2C2H7N2.Zr/c1-18-12-20(3)28(21(4)13-18)26-10-8-24(30-26)16-32(7)17-25-9-11-27(31-25)29-22(5)14-19(2)15-23(29)6;2*1-4(2)3;/h8-15H,16-17H2,1-7H3;2*3H,1-2H3;/q-2;2*-1;+4. The fourth-order valence-corrected chi connectivity index (χ4v) is 5.04. The van der Waals surface area contributed by atoms with Crippen molar-refractivity contribution in [2.24, 2.45) is 0 Å². The molecule has 2 aromatic heterocycles. The molecule has 0 aliphatic heterocycles. The van der Waals surface area contributed by atoms with Gasteiger partial charge >= 0.3 is 26.2 Å². The second-order valence-corrected chi connectivity index (χ2v) is 11.2. The summed E-state index contributed by atoms with van der Waals surface area (Å²) in [5, 5.41) is 2.50. The van der Waals surface area contributed by atoms with E-state index in [4.69, 9.17) is 21.7 Å². The molecule has 0 spiro atoms. The van der Waals surface area contributed by atoms with Crippen molar-refractivity contribution in [2.75, 3.05) is 35.2 Å². The summed E-state index contributed by atoms with van der Waals surface area (Å²) in [7, 11) is 8.80. The molecule has 41 heavy (non-hydrogen) atoms. The third-order valence-corrected chi connectivity index (χ3v) is 6.13. The van der Waals surface area contributed by atoms with E-state index in [-0.39, 0.29) is 26.2 Å². The smallest absolute Gasteiger partial charge is 0.660 e. The topological polar surface area (TPSA) is 85.5 Å². The number of aromatic nitrogens is 2. The molecule has 0 unspecified atom stereocenters. The van der Waals surface area contributed by atoms with E-state index in [1.54, 1.807) is 28.2 Å². The van der Waals surface area contributed by atoms with Gasteiger partial charge < -0.3 is 36.6 Å². The first kappa shape index (κ1) is 36.7. The Hall–Kier alpha value is -2.32. The molecule has 0 saturated heterocycles. The van der Waals surface area contributed by atoms with Crippen LogP contribution in [0.25, 0.3) is 34.2 Å². The molecule has 4 rings (SSSR count). The minimum Gasteiger partial charge on any atom is -0.660 e. The summed E-state index contributed by atoms with van der Waals surface area (Å²) in [5.41, 5.74) is 14.6. The maximum Gasteiger partial charge on any atom is 4.00 e. The Labute approximate surface area is 267 Å². The van der Waals surface area contributed by atoms with Crippen LogP contribution in [-0.4, -0.2) is 50.2 Å². The van der Waals surface area contributed by atoms with Crippen LogP contribution in [0.1, 0.15) is 44.8 Å². The Kier molecular flexibility index (Phi) is 15.2. The minimum atomic E-state index is 0. The molecule has 0 radical (unpaired) electrons. The molecule has 0 fully saturated rings. The SMILES string of the molecule is CN(C)[NH-].CN(C)[NH-].Cc1cc(C)c(-c2ccc(CN(C)Cc3ccc(-c4c(C)cc(C)cc4C)[n-]3)[n-]2)c(C)c1.[Zr+4]. The van der Waals surface area contributed by atoms with Gasteiger partial charge in [0.1, 0.15) is 0 Å². The molecule has 2 N–H and O–H groups in total. The molecule has 0 amide bonds. The van der Waals surface area contributed by atoms with Crippen molar-refractivity contribution in [1.82, 2.24) is 24.9 Å². The Morgan fingerprint density at radius 2 is 0.805 bits per heavy atom. The van der Waals surface area contributed by atoms with Crippen LogP contribution in [0.3, 0.4) is 0 Å². The third kappa shape index (κ3) is 11.8. The molecule has 2 aromatic carbocycles. The van der Waals surface area contributed by atoms with E-state index in [0.29, 0.717) is 0 Å². The average Bonchev–Trinajstić information content (AvgIpc) is 3.41. The molecule has 218 valence electrons. The van der Waals surface area contributed by atoms with Gasteiger partial charge in [0.15, 0.2) is 0 Å². The first-order valence-corrected chi connectivity index (χ1v) is 13.5. The number of hydrogen-bond acceptors (Lipinski definition) is 3. The summed E-state index contributed by atoms with van der Waals surface area (Å²) >= 11 is 0. The van der Waals surface area contributed by atoms with E-state index in [2.05, 4.69) is 102 Å². The van der Waals surface area contributed by atoms with Crippen molar-refractivity contribution in [2.45, 2.75) is 54.6 Å². The van der Waals surface area contributed by atoms with Crippen molar-refractivity contribution in [3.05, 3.63) is 105 Å². The van der Waals surface area contributed by atoms with E-state index in [9.17, 15) is 0 Å². The van der Waals surface area contributed by atoms with Gasteiger partial charge in [-0.15, -0.1) is 22.8 Å². The second kappa shape index (κ2) is 17.0. The van der Waals surface area contributed by atoms with E-state index in [0.717, 1.165) is 35.9 Å². The molecule has 0 aliphatic rings. The van der Waals surface area contributed by atoms with Crippen molar-refractivity contribution < 1.29 is 26.2 Å². The fraction of sp³-hybridized carbons (Fsp3) is 0.394. The normalized spacial score (nSPS) is 10.7. The molecule has 7 nitrogen and oxygen atoms in total. The summed E-state index contributed by atoms with van der Waals surface area (Å²) in [6.07, 6.45) is 0. The maximum absolute atomic E-state index is 6.42. The van der Waals surface area contributed by atoms with Gasteiger partial charge in [-0.25, -0.2) is 0 Å². The van der Waals surface area contributed by atoms with Crippen LogP contribution >= 0.6 is 0 Å². The van der Waals surface area contributed by atoms with Crippen molar-refractivity contribution in [3.63, 3.8) is 0 Å². The number of benzene rings is 2. The van der Waals surface area contributed by atoms with Crippen LogP contribution in [0.15, 0.2) is 48.5 Å². The minimum absolute atomic E-state index is 0. The van der Waals surface area contributed by atoms with Crippen LogP contribution in [0.4, 0.5) is 0 Å². The summed E-state index contributed by atoms with van der Waals surface area (Å²) in [4.78, 5) is 12.2. The van der Waals surface area contributed by atoms with Gasteiger partial charge in [0.25, 0.3) is 0 Å². The van der Waals surface area contributed by atoms with Crippen LogP contribution in [0, 0.1) is 41.5 Å². The third-order valence-electron chi connectivity index (χ3n) is 6.13. The molecule has 0 bridgehead atoms. The summed E-state index contributed by atoms with van der Waals surface area (Å²) in [6, 6.07) is 17.5. The molecule has 4 aromatic rings. The predicted octanol–water partition coefficient (Wildman–Crippen LogP) is 7.45. The first-order chi connectivity index (χ1) is 18.7. The number of rotatable bonds is 6. The van der Waals surface area contributed by atoms with E-state index in [1.165, 1.54) is 54.5 Å². The monoisotopic (exact) mass is 631 g/mol. The van der Waals surface area contributed by atoms with Gasteiger partial charge in [0.2, 0.25) is 0 Å². The van der Waals surface area contributed by atoms with Gasteiger partial charge in [0.05, 0.1) is 0 Å². The van der Waals surface area contributed by atoms with E-state index in [1.807, 2.05) is 0 Å². The van der Waals surface area contributed by atoms with Crippen LogP contribution in [0.5, 0.6) is 0 Å². The quantitative estimate of drug-likeness (QED) is 0.206. The fourth-order valence-electron chi connectivity index (χ4n) is 5.04. The molecular formula is C33H47N7Zr. The number of nitrogens with zero attached hydrogens (tertiary/aromatic N) is 5. The second-order valence-electron chi connectivity index (χ2n) is 11.2. The first-order valence-electron chi connectivity index (χ1n) is 13.5. The van der Waals surface area contributed by atoms with Crippen molar-refractivity contribution in [3.8, 4) is 22.5 Å². The Morgan fingerprint density at radius 3 is 1.07 bits per heavy atom. The van der Waals surface area contributed by atoms with Gasteiger partial charge in [-0.1, -0.05) is 59.7 Å². The number of hydrogen-bond donors (Lipinski definition) is 0. The summed E-state index contributed by atoms with van der Waals surface area (Å²) < 4.78 is 0. The van der Waals surface area contributed by atoms with Crippen LogP contribution < -0.4 is 9.97 Å². The van der Waals surface area contributed by atoms with Crippen LogP contribution in [-0.2, 0) is 39.3 Å². The average molecular weight is 633 g/mol. The largest absolute Gasteiger partial charge is 4.00 e. The van der Waals surface area contributed by atoms with E-state index < -0.39 is 0 Å². The van der Waals surface area contributed by atoms with Gasteiger partial charge in [0, 0.05) is 13.1 Å². The number of aryl methyl sites for hydroxylation is 6. The van der Waals surface area contributed by atoms with Gasteiger partial charge in [-0.3, -0.25) is 0 Å².